The van der Waals surface area contributed by atoms with Gasteiger partial charge in [-0.3, -0.25) is 0 Å². The molecule has 1 aliphatic heterocycles. The molecule has 0 aliphatic carbocycles. The lowest BCUT2D eigenvalue weighted by molar-refractivity contribution is -0.125. The fraction of sp³-hybridized carbons (Fsp3) is 1.00. The maximum atomic E-state index is 9.31. The average Bonchev–Trinajstić information content (AvgIpc) is 2.15. The molecule has 0 radical (unpaired) electrons. The highest BCUT2D eigenvalue weighted by atomic mass is 35.5. The molecule has 4 atom stereocenters. The largest absolute Gasteiger partial charge is 0.395 e. The van der Waals surface area contributed by atoms with Crippen LogP contribution in [-0.4, -0.2) is 69.1 Å². The molecule has 0 aromatic heterocycles. The van der Waals surface area contributed by atoms with Crippen LogP contribution in [0.5, 0.6) is 0 Å². The lowest BCUT2D eigenvalue weighted by Crippen LogP contribution is -2.66. The van der Waals surface area contributed by atoms with E-state index in [1.807, 2.05) is 0 Å². The summed E-state index contributed by atoms with van der Waals surface area (Å²) in [5.74, 6) is 0. The highest BCUT2D eigenvalue weighted by Gasteiger charge is 2.41. The Morgan fingerprint density at radius 3 is 1.43 bits per heavy atom. The zero-order valence-electron chi connectivity index (χ0n) is 7.45. The van der Waals surface area contributed by atoms with Gasteiger partial charge in [0.05, 0.1) is 37.5 Å². The second kappa shape index (κ2) is 5.82. The predicted molar refractivity (Wildman–Crippen MR) is 50.2 cm³/mol. The molecule has 7 heteroatoms. The minimum Gasteiger partial charge on any atom is -0.395 e. The summed E-state index contributed by atoms with van der Waals surface area (Å²) in [6.07, 6.45) is -3.78. The molecule has 14 heavy (non-hydrogen) atoms. The number of aliphatic hydroxyl groups is 5. The molecule has 0 bridgehead atoms. The van der Waals surface area contributed by atoms with Gasteiger partial charge in [-0.1, -0.05) is 0 Å². The molecule has 1 rings (SSSR count). The average molecular weight is 230 g/mol. The van der Waals surface area contributed by atoms with Crippen LogP contribution in [0.4, 0.5) is 0 Å². The van der Waals surface area contributed by atoms with Gasteiger partial charge in [-0.05, 0) is 0 Å². The Bertz CT molecular complexity index is 152. The van der Waals surface area contributed by atoms with Crippen LogP contribution >= 0.6 is 12.4 Å². The molecule has 4 unspecified atom stereocenters. The zero-order chi connectivity index (χ0) is 10.0. The molecule has 0 saturated carbocycles. The summed E-state index contributed by atoms with van der Waals surface area (Å²) in [7, 11) is 0. The summed E-state index contributed by atoms with van der Waals surface area (Å²) in [5, 5.41) is 48.1. The van der Waals surface area contributed by atoms with E-state index in [9.17, 15) is 15.3 Å². The molecule has 1 aliphatic rings. The smallest absolute Gasteiger partial charge is 0.109 e. The van der Waals surface area contributed by atoms with E-state index in [4.69, 9.17) is 10.2 Å². The van der Waals surface area contributed by atoms with Crippen LogP contribution in [-0.2, 0) is 0 Å². The van der Waals surface area contributed by atoms with Gasteiger partial charge in [-0.15, -0.1) is 12.4 Å². The maximum Gasteiger partial charge on any atom is 0.109 e. The van der Waals surface area contributed by atoms with Gasteiger partial charge in [0.15, 0.2) is 0 Å². The summed E-state index contributed by atoms with van der Waals surface area (Å²) in [5.41, 5.74) is 0. The molecule has 86 valence electrons. The molecule has 6 N–H and O–H groups in total. The number of aliphatic hydroxyl groups excluding tert-OH is 5. The predicted octanol–water partition coefficient (Wildman–Crippen LogP) is -3.18. The topological polar surface area (TPSA) is 113 Å². The zero-order valence-corrected chi connectivity index (χ0v) is 8.26. The fourth-order valence-electron chi connectivity index (χ4n) is 1.47. The highest BCUT2D eigenvalue weighted by Crippen LogP contribution is 2.14. The third-order valence-corrected chi connectivity index (χ3v) is 2.35. The summed E-state index contributed by atoms with van der Waals surface area (Å²) in [4.78, 5) is 0. The van der Waals surface area contributed by atoms with Crippen molar-refractivity contribution in [3.8, 4) is 0 Å². The van der Waals surface area contributed by atoms with Crippen molar-refractivity contribution in [2.45, 2.75) is 30.4 Å². The summed E-state index contributed by atoms with van der Waals surface area (Å²) < 4.78 is 0. The minimum absolute atomic E-state index is 0. The second-order valence-electron chi connectivity index (χ2n) is 3.22. The molecule has 0 aromatic rings. The monoisotopic (exact) mass is 229 g/mol. The van der Waals surface area contributed by atoms with E-state index in [2.05, 4.69) is 5.32 Å². The van der Waals surface area contributed by atoms with Crippen molar-refractivity contribution in [1.82, 2.24) is 5.32 Å². The van der Waals surface area contributed by atoms with Gasteiger partial charge in [-0.2, -0.15) is 0 Å². The first-order chi connectivity index (χ1) is 6.11. The summed E-state index contributed by atoms with van der Waals surface area (Å²) >= 11 is 0. The third-order valence-electron chi connectivity index (χ3n) is 2.35. The number of halogens is 1. The van der Waals surface area contributed by atoms with Gasteiger partial charge in [-0.25, -0.2) is 0 Å². The van der Waals surface area contributed by atoms with Gasteiger partial charge in [0, 0.05) is 0 Å². The van der Waals surface area contributed by atoms with Gasteiger partial charge < -0.3 is 30.8 Å². The van der Waals surface area contributed by atoms with Crippen LogP contribution in [0.1, 0.15) is 0 Å². The molecular weight excluding hydrogens is 214 g/mol. The van der Waals surface area contributed by atoms with Gasteiger partial charge in [0.1, 0.15) is 6.10 Å². The molecular formula is C7H16ClNO5. The van der Waals surface area contributed by atoms with Crippen LogP contribution in [0.25, 0.3) is 0 Å². The Hall–Kier alpha value is 0.0500. The Balaban J connectivity index is 0.00000169. The first-order valence-corrected chi connectivity index (χ1v) is 4.13. The van der Waals surface area contributed by atoms with Crippen molar-refractivity contribution in [3.05, 3.63) is 0 Å². The SMILES string of the molecule is Cl.OCC1NC(CO)C(O)C(O)C1O. The van der Waals surface area contributed by atoms with Crippen molar-refractivity contribution in [3.63, 3.8) is 0 Å². The van der Waals surface area contributed by atoms with Crippen LogP contribution in [0.2, 0.25) is 0 Å². The molecule has 1 heterocycles. The van der Waals surface area contributed by atoms with Crippen LogP contribution in [0, 0.1) is 0 Å². The summed E-state index contributed by atoms with van der Waals surface area (Å²) in [6, 6.07) is -1.42. The van der Waals surface area contributed by atoms with Gasteiger partial charge in [0.2, 0.25) is 0 Å². The van der Waals surface area contributed by atoms with E-state index < -0.39 is 30.4 Å². The maximum absolute atomic E-state index is 9.31. The molecule has 0 amide bonds. The lowest BCUT2D eigenvalue weighted by Gasteiger charge is -2.40. The lowest BCUT2D eigenvalue weighted by atomic mass is 9.91. The quantitative estimate of drug-likeness (QED) is 0.298. The Morgan fingerprint density at radius 2 is 1.14 bits per heavy atom. The van der Waals surface area contributed by atoms with E-state index in [0.717, 1.165) is 0 Å². The first-order valence-electron chi connectivity index (χ1n) is 4.13. The fourth-order valence-corrected chi connectivity index (χ4v) is 1.47. The molecule has 1 fully saturated rings. The van der Waals surface area contributed by atoms with E-state index in [0.29, 0.717) is 0 Å². The second-order valence-corrected chi connectivity index (χ2v) is 3.22. The molecule has 1 saturated heterocycles. The van der Waals surface area contributed by atoms with Crippen LogP contribution in [0.3, 0.4) is 0 Å². The number of hydrogen-bond acceptors (Lipinski definition) is 6. The number of rotatable bonds is 2. The summed E-state index contributed by atoms with van der Waals surface area (Å²) in [6.45, 7) is -0.719. The van der Waals surface area contributed by atoms with Gasteiger partial charge >= 0.3 is 0 Å². The standard InChI is InChI=1S/C7H15NO5.ClH/c9-1-3-5(11)7(13)6(12)4(2-10)8-3;/h3-13H,1-2H2;1H. The van der Waals surface area contributed by atoms with Crippen molar-refractivity contribution in [2.75, 3.05) is 13.2 Å². The molecule has 6 nitrogen and oxygen atoms in total. The van der Waals surface area contributed by atoms with Crippen molar-refractivity contribution in [2.24, 2.45) is 0 Å². The number of nitrogens with one attached hydrogen (secondary N) is 1. The van der Waals surface area contributed by atoms with Gasteiger partial charge in [0.25, 0.3) is 0 Å². The molecule has 0 spiro atoms. The van der Waals surface area contributed by atoms with Crippen molar-refractivity contribution < 1.29 is 25.5 Å². The minimum atomic E-state index is -1.34. The van der Waals surface area contributed by atoms with E-state index in [1.54, 1.807) is 0 Å². The van der Waals surface area contributed by atoms with E-state index in [1.165, 1.54) is 0 Å². The van der Waals surface area contributed by atoms with E-state index >= 15 is 0 Å². The Labute approximate surface area is 87.6 Å². The number of piperidine rings is 1. The number of hydrogen-bond donors (Lipinski definition) is 6. The Kier molecular flexibility index (Phi) is 5.84. The Morgan fingerprint density at radius 1 is 0.786 bits per heavy atom. The first kappa shape index (κ1) is 14.1. The third kappa shape index (κ3) is 2.54. The van der Waals surface area contributed by atoms with Crippen molar-refractivity contribution in [1.29, 1.82) is 0 Å². The highest BCUT2D eigenvalue weighted by molar-refractivity contribution is 5.85. The van der Waals surface area contributed by atoms with E-state index in [-0.39, 0.29) is 25.6 Å². The van der Waals surface area contributed by atoms with Crippen LogP contribution < -0.4 is 5.32 Å². The normalized spacial score (nSPS) is 43.1. The van der Waals surface area contributed by atoms with Crippen LogP contribution in [0.15, 0.2) is 0 Å². The molecule has 0 aromatic carbocycles. The van der Waals surface area contributed by atoms with Crippen molar-refractivity contribution >= 4 is 12.4 Å².